The van der Waals surface area contributed by atoms with Crippen molar-refractivity contribution in [2.75, 3.05) is 0 Å². The lowest BCUT2D eigenvalue weighted by Gasteiger charge is -2.16. The van der Waals surface area contributed by atoms with Gasteiger partial charge < -0.3 is 9.47 Å². The van der Waals surface area contributed by atoms with E-state index in [0.717, 1.165) is 5.69 Å². The van der Waals surface area contributed by atoms with Crippen LogP contribution in [0.3, 0.4) is 0 Å². The molecule has 0 radical (unpaired) electrons. The maximum Gasteiger partial charge on any atom is 0.272 e. The van der Waals surface area contributed by atoms with Crippen molar-refractivity contribution in [2.45, 2.75) is 26.6 Å². The average Bonchev–Trinajstić information content (AvgIpc) is 2.66. The second-order valence-corrected chi connectivity index (χ2v) is 5.92. The highest BCUT2D eigenvalue weighted by Crippen LogP contribution is 2.39. The number of aryl methyl sites for hydroxylation is 1. The summed E-state index contributed by atoms with van der Waals surface area (Å²) in [5.41, 5.74) is 1.17. The van der Waals surface area contributed by atoms with Crippen LogP contribution in [-0.2, 0) is 0 Å². The number of hydrogen-bond acceptors (Lipinski definition) is 4. The highest BCUT2D eigenvalue weighted by molar-refractivity contribution is 9.10. The number of nitrogens with zero attached hydrogens (tertiary/aromatic N) is 2. The summed E-state index contributed by atoms with van der Waals surface area (Å²) in [6.45, 7) is 5.50. The van der Waals surface area contributed by atoms with Crippen molar-refractivity contribution in [3.05, 3.63) is 44.8 Å². The van der Waals surface area contributed by atoms with Gasteiger partial charge >= 0.3 is 0 Å². The minimum atomic E-state index is -0.686. The van der Waals surface area contributed by atoms with Crippen LogP contribution in [0.15, 0.2) is 33.5 Å². The van der Waals surface area contributed by atoms with E-state index in [-0.39, 0.29) is 5.56 Å². The fourth-order valence-corrected chi connectivity index (χ4v) is 2.32. The van der Waals surface area contributed by atoms with E-state index in [9.17, 15) is 4.79 Å². The van der Waals surface area contributed by atoms with Gasteiger partial charge in [-0.3, -0.25) is 4.79 Å². The fourth-order valence-electron chi connectivity index (χ4n) is 2.05. The monoisotopic (exact) mass is 336 g/mol. The number of benzene rings is 1. The van der Waals surface area contributed by atoms with E-state index < -0.39 is 5.79 Å². The van der Waals surface area contributed by atoms with Crippen LogP contribution in [-0.4, -0.2) is 15.6 Å². The fraction of sp³-hybridized carbons (Fsp3) is 0.286. The van der Waals surface area contributed by atoms with E-state index >= 15 is 0 Å². The van der Waals surface area contributed by atoms with Crippen LogP contribution in [0.5, 0.6) is 11.5 Å². The molecule has 0 spiro atoms. The van der Waals surface area contributed by atoms with Gasteiger partial charge in [0, 0.05) is 30.5 Å². The van der Waals surface area contributed by atoms with Crippen molar-refractivity contribution in [1.82, 2.24) is 9.78 Å². The van der Waals surface area contributed by atoms with Crippen molar-refractivity contribution in [2.24, 2.45) is 0 Å². The Morgan fingerprint density at radius 2 is 1.90 bits per heavy atom. The zero-order chi connectivity index (χ0) is 14.5. The summed E-state index contributed by atoms with van der Waals surface area (Å²) in [5, 5.41) is 4.27. The first-order valence-electron chi connectivity index (χ1n) is 6.15. The summed E-state index contributed by atoms with van der Waals surface area (Å²) in [7, 11) is 0. The summed E-state index contributed by atoms with van der Waals surface area (Å²) in [4.78, 5) is 12.0. The molecule has 1 aromatic carbocycles. The number of fused-ring (bicyclic) bond motifs is 1. The Morgan fingerprint density at radius 3 is 2.65 bits per heavy atom. The SMILES string of the molecule is Cc1nn(-c2ccc3c(c2)OC(C)(C)O3)c(=O)cc1Br. The number of aromatic nitrogens is 2. The Bertz CT molecular complexity index is 753. The summed E-state index contributed by atoms with van der Waals surface area (Å²) < 4.78 is 13.3. The average molecular weight is 337 g/mol. The lowest BCUT2D eigenvalue weighted by molar-refractivity contribution is -0.0431. The van der Waals surface area contributed by atoms with Gasteiger partial charge in [-0.25, -0.2) is 0 Å². The van der Waals surface area contributed by atoms with Crippen molar-refractivity contribution >= 4 is 15.9 Å². The number of ether oxygens (including phenoxy) is 2. The van der Waals surface area contributed by atoms with Crippen molar-refractivity contribution in [3.8, 4) is 17.2 Å². The van der Waals surface area contributed by atoms with Crippen molar-refractivity contribution < 1.29 is 9.47 Å². The van der Waals surface area contributed by atoms with Gasteiger partial charge in [0.15, 0.2) is 11.5 Å². The first kappa shape index (κ1) is 13.2. The number of rotatable bonds is 1. The van der Waals surface area contributed by atoms with Gasteiger partial charge in [0.25, 0.3) is 5.56 Å². The first-order valence-corrected chi connectivity index (χ1v) is 6.94. The van der Waals surface area contributed by atoms with Crippen LogP contribution in [0.1, 0.15) is 19.5 Å². The maximum atomic E-state index is 12.0. The topological polar surface area (TPSA) is 53.4 Å². The zero-order valence-electron chi connectivity index (χ0n) is 11.3. The Kier molecular flexibility index (Phi) is 2.86. The normalized spacial score (nSPS) is 15.4. The summed E-state index contributed by atoms with van der Waals surface area (Å²) in [6.07, 6.45) is 0. The lowest BCUT2D eigenvalue weighted by Crippen LogP contribution is -2.29. The molecule has 3 rings (SSSR count). The van der Waals surface area contributed by atoms with E-state index in [4.69, 9.17) is 9.47 Å². The minimum absolute atomic E-state index is 0.208. The summed E-state index contributed by atoms with van der Waals surface area (Å²) in [5.74, 6) is 0.594. The molecule has 2 aromatic rings. The predicted octanol–water partition coefficient (Wildman–Crippen LogP) is 2.81. The Labute approximate surface area is 124 Å². The van der Waals surface area contributed by atoms with Crippen molar-refractivity contribution in [3.63, 3.8) is 0 Å². The van der Waals surface area contributed by atoms with E-state index in [0.29, 0.717) is 21.7 Å². The molecule has 20 heavy (non-hydrogen) atoms. The largest absolute Gasteiger partial charge is 0.449 e. The molecule has 0 saturated carbocycles. The van der Waals surface area contributed by atoms with Gasteiger partial charge in [-0.1, -0.05) is 0 Å². The third-order valence-electron chi connectivity index (χ3n) is 2.94. The quantitative estimate of drug-likeness (QED) is 0.803. The van der Waals surface area contributed by atoms with Gasteiger partial charge in [0.1, 0.15) is 0 Å². The molecule has 0 unspecified atom stereocenters. The molecule has 1 aliphatic heterocycles. The maximum absolute atomic E-state index is 12.0. The lowest BCUT2D eigenvalue weighted by atomic mass is 10.3. The summed E-state index contributed by atoms with van der Waals surface area (Å²) in [6, 6.07) is 6.82. The Hall–Kier alpha value is -1.82. The van der Waals surface area contributed by atoms with Gasteiger partial charge in [0.2, 0.25) is 5.79 Å². The minimum Gasteiger partial charge on any atom is -0.449 e. The molecule has 104 valence electrons. The molecule has 5 nitrogen and oxygen atoms in total. The molecule has 0 amide bonds. The van der Waals surface area contributed by atoms with Gasteiger partial charge in [-0.15, -0.1) is 0 Å². The highest BCUT2D eigenvalue weighted by Gasteiger charge is 2.31. The molecule has 0 saturated heterocycles. The van der Waals surface area contributed by atoms with Crippen molar-refractivity contribution in [1.29, 1.82) is 0 Å². The Morgan fingerprint density at radius 1 is 1.20 bits per heavy atom. The molecule has 1 aliphatic rings. The molecular formula is C14H13BrN2O3. The van der Waals surface area contributed by atoms with Gasteiger partial charge in [-0.2, -0.15) is 9.78 Å². The van der Waals surface area contributed by atoms with Crippen LogP contribution in [0.4, 0.5) is 0 Å². The standard InChI is InChI=1S/C14H13BrN2O3/c1-8-10(15)7-13(18)17(16-8)9-4-5-11-12(6-9)20-14(2,3)19-11/h4-7H,1-3H3. The van der Waals surface area contributed by atoms with E-state index in [1.54, 1.807) is 18.2 Å². The van der Waals surface area contributed by atoms with Crippen LogP contribution >= 0.6 is 15.9 Å². The molecule has 0 aliphatic carbocycles. The second kappa shape index (κ2) is 4.34. The second-order valence-electron chi connectivity index (χ2n) is 5.06. The number of hydrogen-bond donors (Lipinski definition) is 0. The van der Waals surface area contributed by atoms with Gasteiger partial charge in [-0.05, 0) is 35.0 Å². The smallest absolute Gasteiger partial charge is 0.272 e. The Balaban J connectivity index is 2.10. The van der Waals surface area contributed by atoms with Gasteiger partial charge in [0.05, 0.1) is 11.4 Å². The van der Waals surface area contributed by atoms with E-state index in [1.807, 2.05) is 20.8 Å². The van der Waals surface area contributed by atoms with E-state index in [2.05, 4.69) is 21.0 Å². The molecule has 0 N–H and O–H groups in total. The third-order valence-corrected chi connectivity index (χ3v) is 3.74. The number of halogens is 1. The first-order chi connectivity index (χ1) is 9.35. The molecule has 0 bridgehead atoms. The third kappa shape index (κ3) is 2.20. The molecule has 6 heteroatoms. The van der Waals surface area contributed by atoms with Crippen LogP contribution < -0.4 is 15.0 Å². The summed E-state index contributed by atoms with van der Waals surface area (Å²) >= 11 is 3.30. The van der Waals surface area contributed by atoms with Crippen LogP contribution in [0.25, 0.3) is 5.69 Å². The molecular weight excluding hydrogens is 324 g/mol. The molecule has 0 fully saturated rings. The molecule has 1 aromatic heterocycles. The van der Waals surface area contributed by atoms with E-state index in [1.165, 1.54) is 10.7 Å². The highest BCUT2D eigenvalue weighted by atomic mass is 79.9. The zero-order valence-corrected chi connectivity index (χ0v) is 12.9. The van der Waals surface area contributed by atoms with Crippen LogP contribution in [0, 0.1) is 6.92 Å². The molecule has 2 heterocycles. The van der Waals surface area contributed by atoms with Crippen LogP contribution in [0.2, 0.25) is 0 Å². The predicted molar refractivity (Wildman–Crippen MR) is 77.6 cm³/mol. The molecule has 0 atom stereocenters.